The topological polar surface area (TPSA) is 75.4 Å². The molecular weight excluding hydrogens is 374 g/mol. The van der Waals surface area contributed by atoms with E-state index in [2.05, 4.69) is 11.4 Å². The van der Waals surface area contributed by atoms with Crippen LogP contribution in [0, 0.1) is 0 Å². The van der Waals surface area contributed by atoms with Gasteiger partial charge in [-0.3, -0.25) is 9.59 Å². The first-order valence-corrected chi connectivity index (χ1v) is 10.0. The molecule has 2 aromatic rings. The summed E-state index contributed by atoms with van der Waals surface area (Å²) in [6.45, 7) is 1.17. The summed E-state index contributed by atoms with van der Waals surface area (Å²) in [5, 5.41) is 3.87. The maximum absolute atomic E-state index is 12.8. The van der Waals surface area contributed by atoms with Gasteiger partial charge in [0.05, 0.1) is 18.0 Å². The Morgan fingerprint density at radius 1 is 1.14 bits per heavy atom. The maximum Gasteiger partial charge on any atom is 0.239 e. The van der Waals surface area contributed by atoms with E-state index in [-0.39, 0.29) is 17.4 Å². The number of nitrogens with zero attached hydrogens (tertiary/aromatic N) is 1. The SMILES string of the molecule is NC(Cc1ccc(Cl)cc1)C(=O)N1CCC2(CC1)NC(=O)Cc1ccccc12. The molecule has 0 aromatic heterocycles. The molecule has 6 heteroatoms. The molecule has 146 valence electrons. The number of amides is 2. The van der Waals surface area contributed by atoms with E-state index in [0.717, 1.165) is 11.1 Å². The second kappa shape index (κ2) is 7.57. The number of benzene rings is 2. The lowest BCUT2D eigenvalue weighted by molar-refractivity contribution is -0.135. The average molecular weight is 398 g/mol. The number of carbonyl (C=O) groups excluding carboxylic acids is 2. The molecule has 2 aliphatic rings. The van der Waals surface area contributed by atoms with Crippen LogP contribution in [-0.2, 0) is 28.0 Å². The molecule has 0 radical (unpaired) electrons. The van der Waals surface area contributed by atoms with Crippen LogP contribution in [0.5, 0.6) is 0 Å². The minimum atomic E-state index is -0.580. The molecule has 1 spiro atoms. The highest BCUT2D eigenvalue weighted by molar-refractivity contribution is 6.30. The molecule has 0 bridgehead atoms. The summed E-state index contributed by atoms with van der Waals surface area (Å²) in [5.74, 6) is 0.0122. The number of piperidine rings is 1. The highest BCUT2D eigenvalue weighted by atomic mass is 35.5. The van der Waals surface area contributed by atoms with Crippen LogP contribution < -0.4 is 11.1 Å². The van der Waals surface area contributed by atoms with E-state index >= 15 is 0 Å². The van der Waals surface area contributed by atoms with Crippen LogP contribution in [0.2, 0.25) is 5.02 Å². The summed E-state index contributed by atoms with van der Waals surface area (Å²) in [6.07, 6.45) is 2.31. The summed E-state index contributed by atoms with van der Waals surface area (Å²) in [4.78, 5) is 26.9. The molecule has 3 N–H and O–H groups in total. The third-order valence-corrected chi connectivity index (χ3v) is 6.13. The van der Waals surface area contributed by atoms with Crippen molar-refractivity contribution in [1.82, 2.24) is 10.2 Å². The highest BCUT2D eigenvalue weighted by Crippen LogP contribution is 2.37. The molecule has 0 saturated carbocycles. The van der Waals surface area contributed by atoms with Crippen molar-refractivity contribution in [2.45, 2.75) is 37.3 Å². The third kappa shape index (κ3) is 3.64. The van der Waals surface area contributed by atoms with Crippen molar-refractivity contribution in [2.75, 3.05) is 13.1 Å². The lowest BCUT2D eigenvalue weighted by Crippen LogP contribution is -2.58. The lowest BCUT2D eigenvalue weighted by Gasteiger charge is -2.46. The van der Waals surface area contributed by atoms with Crippen LogP contribution >= 0.6 is 11.6 Å². The standard InChI is InChI=1S/C22H24ClN3O2/c23-17-7-5-15(6-8-17)13-19(24)21(28)26-11-9-22(10-12-26)18-4-2-1-3-16(18)14-20(27)25-22/h1-8,19H,9-14,24H2,(H,25,27). The van der Waals surface area contributed by atoms with E-state index in [1.165, 1.54) is 5.56 Å². The van der Waals surface area contributed by atoms with Crippen molar-refractivity contribution in [2.24, 2.45) is 5.73 Å². The molecule has 2 amide bonds. The van der Waals surface area contributed by atoms with E-state index in [1.807, 2.05) is 47.4 Å². The zero-order valence-corrected chi connectivity index (χ0v) is 16.4. The fourth-order valence-corrected chi connectivity index (χ4v) is 4.52. The Hall–Kier alpha value is -2.37. The van der Waals surface area contributed by atoms with Gasteiger partial charge in [-0.05, 0) is 48.1 Å². The minimum Gasteiger partial charge on any atom is -0.346 e. The minimum absolute atomic E-state index is 0.0415. The molecule has 28 heavy (non-hydrogen) atoms. The predicted molar refractivity (Wildman–Crippen MR) is 109 cm³/mol. The summed E-state index contributed by atoms with van der Waals surface area (Å²) >= 11 is 5.91. The summed E-state index contributed by atoms with van der Waals surface area (Å²) in [7, 11) is 0. The normalized spacial score (nSPS) is 19.1. The molecular formula is C22H24ClN3O2. The van der Waals surface area contributed by atoms with Gasteiger partial charge in [-0.1, -0.05) is 48.0 Å². The Morgan fingerprint density at radius 2 is 1.82 bits per heavy atom. The Balaban J connectivity index is 1.43. The molecule has 1 fully saturated rings. The van der Waals surface area contributed by atoms with Gasteiger partial charge in [0, 0.05) is 18.1 Å². The van der Waals surface area contributed by atoms with Crippen LogP contribution in [0.4, 0.5) is 0 Å². The Kier molecular flexibility index (Phi) is 5.13. The molecule has 2 aliphatic heterocycles. The second-order valence-electron chi connectivity index (χ2n) is 7.73. The zero-order chi connectivity index (χ0) is 19.7. The number of carbonyl (C=O) groups is 2. The van der Waals surface area contributed by atoms with Crippen molar-refractivity contribution >= 4 is 23.4 Å². The molecule has 1 saturated heterocycles. The molecule has 0 aliphatic carbocycles. The molecule has 4 rings (SSSR count). The van der Waals surface area contributed by atoms with E-state index in [4.69, 9.17) is 17.3 Å². The van der Waals surface area contributed by atoms with E-state index in [9.17, 15) is 9.59 Å². The summed E-state index contributed by atoms with van der Waals surface area (Å²) in [6, 6.07) is 14.9. The van der Waals surface area contributed by atoms with Gasteiger partial charge >= 0.3 is 0 Å². The van der Waals surface area contributed by atoms with Crippen LogP contribution in [0.1, 0.15) is 29.5 Å². The number of hydrogen-bond acceptors (Lipinski definition) is 3. The largest absolute Gasteiger partial charge is 0.346 e. The van der Waals surface area contributed by atoms with Crippen molar-refractivity contribution in [3.63, 3.8) is 0 Å². The maximum atomic E-state index is 12.8. The smallest absolute Gasteiger partial charge is 0.239 e. The Morgan fingerprint density at radius 3 is 2.54 bits per heavy atom. The van der Waals surface area contributed by atoms with Gasteiger partial charge in [-0.2, -0.15) is 0 Å². The van der Waals surface area contributed by atoms with Crippen LogP contribution in [0.15, 0.2) is 48.5 Å². The van der Waals surface area contributed by atoms with Gasteiger partial charge in [-0.25, -0.2) is 0 Å². The molecule has 1 unspecified atom stereocenters. The van der Waals surface area contributed by atoms with Gasteiger partial charge in [0.2, 0.25) is 11.8 Å². The van der Waals surface area contributed by atoms with Crippen LogP contribution in [0.25, 0.3) is 0 Å². The predicted octanol–water partition coefficient (Wildman–Crippen LogP) is 2.40. The van der Waals surface area contributed by atoms with Crippen LogP contribution in [0.3, 0.4) is 0 Å². The fraction of sp³-hybridized carbons (Fsp3) is 0.364. The number of nitrogens with two attached hydrogens (primary N) is 1. The van der Waals surface area contributed by atoms with E-state index in [1.54, 1.807) is 0 Å². The first-order chi connectivity index (χ1) is 13.5. The third-order valence-electron chi connectivity index (χ3n) is 5.88. The van der Waals surface area contributed by atoms with Crippen molar-refractivity contribution in [3.05, 3.63) is 70.2 Å². The number of likely N-dealkylation sites (tertiary alicyclic amines) is 1. The molecule has 2 heterocycles. The quantitative estimate of drug-likeness (QED) is 0.835. The van der Waals surface area contributed by atoms with Gasteiger partial charge < -0.3 is 16.0 Å². The number of nitrogens with one attached hydrogen (secondary N) is 1. The monoisotopic (exact) mass is 397 g/mol. The van der Waals surface area contributed by atoms with Crippen LogP contribution in [-0.4, -0.2) is 35.8 Å². The first-order valence-electron chi connectivity index (χ1n) is 9.65. The number of rotatable bonds is 3. The summed E-state index contributed by atoms with van der Waals surface area (Å²) < 4.78 is 0. The number of halogens is 1. The van der Waals surface area contributed by atoms with E-state index < -0.39 is 6.04 Å². The van der Waals surface area contributed by atoms with E-state index in [0.29, 0.717) is 43.8 Å². The lowest BCUT2D eigenvalue weighted by atomic mass is 9.75. The molecule has 2 aromatic carbocycles. The number of hydrogen-bond donors (Lipinski definition) is 2. The Labute approximate surface area is 169 Å². The van der Waals surface area contributed by atoms with Crippen molar-refractivity contribution in [3.8, 4) is 0 Å². The molecule has 5 nitrogen and oxygen atoms in total. The van der Waals surface area contributed by atoms with Gasteiger partial charge in [-0.15, -0.1) is 0 Å². The highest BCUT2D eigenvalue weighted by Gasteiger charge is 2.42. The Bertz CT molecular complexity index is 889. The van der Waals surface area contributed by atoms with Gasteiger partial charge in [0.25, 0.3) is 0 Å². The van der Waals surface area contributed by atoms with Gasteiger partial charge in [0.1, 0.15) is 0 Å². The summed E-state index contributed by atoms with van der Waals surface area (Å²) in [5.41, 5.74) is 9.09. The fourth-order valence-electron chi connectivity index (χ4n) is 4.39. The van der Waals surface area contributed by atoms with Crippen molar-refractivity contribution in [1.29, 1.82) is 0 Å². The molecule has 1 atom stereocenters. The van der Waals surface area contributed by atoms with Gasteiger partial charge in [0.15, 0.2) is 0 Å². The average Bonchev–Trinajstić information content (AvgIpc) is 2.70. The first kappa shape index (κ1) is 19.0. The zero-order valence-electron chi connectivity index (χ0n) is 15.7. The second-order valence-corrected chi connectivity index (χ2v) is 8.16. The van der Waals surface area contributed by atoms with Crippen molar-refractivity contribution < 1.29 is 9.59 Å². The number of fused-ring (bicyclic) bond motifs is 2.